The summed E-state index contributed by atoms with van der Waals surface area (Å²) in [6, 6.07) is 0. The van der Waals surface area contributed by atoms with Crippen molar-refractivity contribution in [1.29, 1.82) is 0 Å². The summed E-state index contributed by atoms with van der Waals surface area (Å²) in [7, 11) is 0. The van der Waals surface area contributed by atoms with E-state index < -0.39 is 0 Å². The van der Waals surface area contributed by atoms with E-state index in [1.54, 1.807) is 0 Å². The highest BCUT2D eigenvalue weighted by Crippen LogP contribution is 2.35. The molecule has 0 aromatic heterocycles. The average molecular weight is 215 g/mol. The molecule has 2 heteroatoms. The van der Waals surface area contributed by atoms with Gasteiger partial charge in [0.1, 0.15) is 0 Å². The van der Waals surface area contributed by atoms with E-state index in [1.165, 1.54) is 19.5 Å². The Balaban J connectivity index is 2.42. The van der Waals surface area contributed by atoms with Gasteiger partial charge in [-0.3, -0.25) is 4.90 Å². The van der Waals surface area contributed by atoms with Gasteiger partial charge in [0.05, 0.1) is 0 Å². The van der Waals surface area contributed by atoms with Crippen molar-refractivity contribution in [1.82, 2.24) is 4.90 Å². The Morgan fingerprint density at radius 3 is 2.00 bits per heavy atom. The lowest BCUT2D eigenvalue weighted by Crippen LogP contribution is -2.39. The molecule has 0 aromatic carbocycles. The van der Waals surface area contributed by atoms with Crippen LogP contribution in [0.1, 0.15) is 48.0 Å². The van der Waals surface area contributed by atoms with Crippen LogP contribution in [0.2, 0.25) is 0 Å². The maximum Gasteiger partial charge on any atom is 0.0192 e. The van der Waals surface area contributed by atoms with Crippen LogP contribution in [0, 0.1) is 0 Å². The van der Waals surface area contributed by atoms with E-state index in [4.69, 9.17) is 0 Å². The number of hydrogen-bond acceptors (Lipinski definition) is 2. The molecule has 1 saturated heterocycles. The number of rotatable bonds is 1. The van der Waals surface area contributed by atoms with E-state index in [-0.39, 0.29) is 0 Å². The largest absolute Gasteiger partial charge is 0.297 e. The summed E-state index contributed by atoms with van der Waals surface area (Å²) in [5.74, 6) is 0. The predicted octanol–water partition coefficient (Wildman–Crippen LogP) is 3.39. The highest BCUT2D eigenvalue weighted by atomic mass is 32.2. The van der Waals surface area contributed by atoms with Gasteiger partial charge in [0.15, 0.2) is 0 Å². The van der Waals surface area contributed by atoms with Crippen molar-refractivity contribution in [3.63, 3.8) is 0 Å². The first-order chi connectivity index (χ1) is 6.18. The predicted molar refractivity (Wildman–Crippen MR) is 67.1 cm³/mol. The lowest BCUT2D eigenvalue weighted by molar-refractivity contribution is 0.175. The highest BCUT2D eigenvalue weighted by molar-refractivity contribution is 8.01. The zero-order valence-electron chi connectivity index (χ0n) is 10.6. The zero-order valence-corrected chi connectivity index (χ0v) is 11.4. The second-order valence-electron chi connectivity index (χ2n) is 6.26. The SMILES string of the molecule is CC(C)(C)S[C@@H]1CCN(C(C)(C)C)C1. The van der Waals surface area contributed by atoms with E-state index in [9.17, 15) is 0 Å². The maximum absolute atomic E-state index is 2.61. The molecule has 0 spiro atoms. The normalized spacial score (nSPS) is 25.7. The first-order valence-corrected chi connectivity index (χ1v) is 6.49. The zero-order chi connectivity index (χ0) is 11.0. The number of likely N-dealkylation sites (tertiary alicyclic amines) is 1. The van der Waals surface area contributed by atoms with E-state index in [0.29, 0.717) is 10.3 Å². The van der Waals surface area contributed by atoms with Gasteiger partial charge in [-0.05, 0) is 33.7 Å². The molecule has 1 aliphatic rings. The summed E-state index contributed by atoms with van der Waals surface area (Å²) in [5.41, 5.74) is 0.354. The molecule has 0 bridgehead atoms. The van der Waals surface area contributed by atoms with Crippen molar-refractivity contribution in [2.75, 3.05) is 13.1 Å². The Morgan fingerprint density at radius 1 is 1.07 bits per heavy atom. The number of nitrogens with zero attached hydrogens (tertiary/aromatic N) is 1. The third-order valence-electron chi connectivity index (χ3n) is 2.61. The second-order valence-corrected chi connectivity index (χ2v) is 8.38. The van der Waals surface area contributed by atoms with Gasteiger partial charge in [-0.15, -0.1) is 0 Å². The molecule has 1 fully saturated rings. The third kappa shape index (κ3) is 3.82. The van der Waals surface area contributed by atoms with Crippen molar-refractivity contribution in [2.45, 2.75) is 63.5 Å². The molecule has 0 amide bonds. The molecule has 0 radical (unpaired) electrons. The fraction of sp³-hybridized carbons (Fsp3) is 1.00. The van der Waals surface area contributed by atoms with E-state index in [0.717, 1.165) is 5.25 Å². The average Bonchev–Trinajstić information content (AvgIpc) is 2.29. The van der Waals surface area contributed by atoms with Crippen LogP contribution < -0.4 is 0 Å². The van der Waals surface area contributed by atoms with Crippen molar-refractivity contribution in [2.24, 2.45) is 0 Å². The van der Waals surface area contributed by atoms with Crippen molar-refractivity contribution in [3.8, 4) is 0 Å². The van der Waals surface area contributed by atoms with Gasteiger partial charge >= 0.3 is 0 Å². The molecule has 1 aliphatic heterocycles. The third-order valence-corrected chi connectivity index (χ3v) is 4.04. The first-order valence-electron chi connectivity index (χ1n) is 5.61. The lowest BCUT2D eigenvalue weighted by Gasteiger charge is -2.32. The Labute approximate surface area is 93.6 Å². The topological polar surface area (TPSA) is 3.24 Å². The summed E-state index contributed by atoms with van der Waals surface area (Å²) < 4.78 is 0.415. The monoisotopic (exact) mass is 215 g/mol. The van der Waals surface area contributed by atoms with Crippen LogP contribution in [-0.2, 0) is 0 Å². The Kier molecular flexibility index (Phi) is 3.58. The molecule has 84 valence electrons. The van der Waals surface area contributed by atoms with Gasteiger partial charge in [-0.1, -0.05) is 20.8 Å². The summed E-state index contributed by atoms with van der Waals surface area (Å²) in [5, 5.41) is 0.842. The maximum atomic E-state index is 2.61. The highest BCUT2D eigenvalue weighted by Gasteiger charge is 2.32. The molecule has 0 aliphatic carbocycles. The summed E-state index contributed by atoms with van der Waals surface area (Å²) in [6.45, 7) is 16.4. The summed E-state index contributed by atoms with van der Waals surface area (Å²) in [6.07, 6.45) is 1.36. The van der Waals surface area contributed by atoms with Crippen LogP contribution in [0.25, 0.3) is 0 Å². The molecule has 1 nitrogen and oxygen atoms in total. The minimum atomic E-state index is 0.354. The molecular weight excluding hydrogens is 190 g/mol. The molecule has 0 unspecified atom stereocenters. The van der Waals surface area contributed by atoms with Gasteiger partial charge in [0.2, 0.25) is 0 Å². The number of hydrogen-bond donors (Lipinski definition) is 0. The molecule has 0 aromatic rings. The Bertz CT molecular complexity index is 187. The van der Waals surface area contributed by atoms with Crippen molar-refractivity contribution < 1.29 is 0 Å². The van der Waals surface area contributed by atoms with Gasteiger partial charge in [-0.25, -0.2) is 0 Å². The number of thioether (sulfide) groups is 1. The van der Waals surface area contributed by atoms with Gasteiger partial charge < -0.3 is 0 Å². The van der Waals surface area contributed by atoms with Crippen molar-refractivity contribution in [3.05, 3.63) is 0 Å². The fourth-order valence-electron chi connectivity index (χ4n) is 1.93. The molecule has 14 heavy (non-hydrogen) atoms. The quantitative estimate of drug-likeness (QED) is 0.659. The van der Waals surface area contributed by atoms with Crippen LogP contribution in [0.15, 0.2) is 0 Å². The summed E-state index contributed by atoms with van der Waals surface area (Å²) >= 11 is 2.14. The Morgan fingerprint density at radius 2 is 1.64 bits per heavy atom. The molecule has 0 saturated carbocycles. The minimum absolute atomic E-state index is 0.354. The summed E-state index contributed by atoms with van der Waals surface area (Å²) in [4.78, 5) is 2.61. The van der Waals surface area contributed by atoms with Gasteiger partial charge in [0.25, 0.3) is 0 Å². The van der Waals surface area contributed by atoms with Crippen LogP contribution >= 0.6 is 11.8 Å². The smallest absolute Gasteiger partial charge is 0.0192 e. The van der Waals surface area contributed by atoms with Crippen LogP contribution in [0.5, 0.6) is 0 Å². The fourth-order valence-corrected chi connectivity index (χ4v) is 3.41. The lowest BCUT2D eigenvalue weighted by atomic mass is 10.1. The Hall–Kier alpha value is 0.310. The second kappa shape index (κ2) is 4.05. The van der Waals surface area contributed by atoms with Crippen LogP contribution in [-0.4, -0.2) is 33.5 Å². The van der Waals surface area contributed by atoms with Gasteiger partial charge in [0, 0.05) is 22.1 Å². The van der Waals surface area contributed by atoms with E-state index in [2.05, 4.69) is 58.2 Å². The van der Waals surface area contributed by atoms with Crippen LogP contribution in [0.3, 0.4) is 0 Å². The molecular formula is C12H25NS. The first kappa shape index (κ1) is 12.4. The standard InChI is InChI=1S/C12H25NS/c1-11(2,3)13-8-7-10(9-13)14-12(4,5)6/h10H,7-9H2,1-6H3/t10-/m1/s1. The molecule has 1 rings (SSSR count). The minimum Gasteiger partial charge on any atom is -0.297 e. The van der Waals surface area contributed by atoms with Crippen LogP contribution in [0.4, 0.5) is 0 Å². The van der Waals surface area contributed by atoms with E-state index in [1.807, 2.05) is 0 Å². The molecule has 1 atom stereocenters. The van der Waals surface area contributed by atoms with E-state index >= 15 is 0 Å². The van der Waals surface area contributed by atoms with Crippen molar-refractivity contribution >= 4 is 11.8 Å². The molecule has 1 heterocycles. The van der Waals surface area contributed by atoms with Gasteiger partial charge in [-0.2, -0.15) is 11.8 Å². The molecule has 0 N–H and O–H groups in total.